The molecule has 0 aliphatic carbocycles. The highest BCUT2D eigenvalue weighted by Gasteiger charge is 2.37. The molecule has 8 heteroatoms. The Morgan fingerprint density at radius 3 is 2.55 bits per heavy atom. The number of ether oxygens (including phenoxy) is 1. The predicted molar refractivity (Wildman–Crippen MR) is 119 cm³/mol. The van der Waals surface area contributed by atoms with Crippen molar-refractivity contribution in [3.63, 3.8) is 0 Å². The van der Waals surface area contributed by atoms with Gasteiger partial charge in [0.1, 0.15) is 11.8 Å². The second-order valence-corrected chi connectivity index (χ2v) is 7.05. The van der Waals surface area contributed by atoms with Crippen LogP contribution in [0.3, 0.4) is 0 Å². The van der Waals surface area contributed by atoms with E-state index in [1.807, 2.05) is 44.2 Å². The van der Waals surface area contributed by atoms with Gasteiger partial charge in [0.2, 0.25) is 5.91 Å². The third-order valence-electron chi connectivity index (χ3n) is 4.84. The summed E-state index contributed by atoms with van der Waals surface area (Å²) in [6, 6.07) is 13.6. The Labute approximate surface area is 181 Å². The smallest absolute Gasteiger partial charge is 0.354 e. The predicted octanol–water partition coefficient (Wildman–Crippen LogP) is 2.88. The summed E-state index contributed by atoms with van der Waals surface area (Å²) in [6.07, 6.45) is 0.120. The van der Waals surface area contributed by atoms with Gasteiger partial charge >= 0.3 is 5.97 Å². The molecule has 1 heterocycles. The average Bonchev–Trinajstić information content (AvgIpc) is 3.22. The maximum absolute atomic E-state index is 13.2. The number of nitrogens with one attached hydrogen (secondary N) is 2. The SMILES string of the molecule is CCNC(=O)c1ccc(C)c(NC(=O)C2CC(C(=O)OCC)=NN2c2ccccc2)c1. The lowest BCUT2D eigenvalue weighted by atomic mass is 10.1. The average molecular weight is 422 g/mol. The summed E-state index contributed by atoms with van der Waals surface area (Å²) in [5.74, 6) is -1.08. The van der Waals surface area contributed by atoms with Gasteiger partial charge in [-0.3, -0.25) is 14.6 Å². The number of aryl methyl sites for hydroxylation is 1. The van der Waals surface area contributed by atoms with Gasteiger partial charge < -0.3 is 15.4 Å². The van der Waals surface area contributed by atoms with Crippen LogP contribution in [0, 0.1) is 6.92 Å². The van der Waals surface area contributed by atoms with Crippen LogP contribution in [0.15, 0.2) is 53.6 Å². The Balaban J connectivity index is 1.85. The lowest BCUT2D eigenvalue weighted by molar-refractivity contribution is -0.135. The number of carbonyl (C=O) groups excluding carboxylic acids is 3. The normalized spacial score (nSPS) is 15.3. The first kappa shape index (κ1) is 22.0. The quantitative estimate of drug-likeness (QED) is 0.669. The van der Waals surface area contributed by atoms with Crippen molar-refractivity contribution in [1.82, 2.24) is 5.32 Å². The van der Waals surface area contributed by atoms with Crippen molar-refractivity contribution < 1.29 is 19.1 Å². The molecule has 0 radical (unpaired) electrons. The summed E-state index contributed by atoms with van der Waals surface area (Å²) in [5.41, 5.74) is 2.69. The molecule has 3 rings (SSSR count). The van der Waals surface area contributed by atoms with Crippen molar-refractivity contribution in [2.75, 3.05) is 23.5 Å². The van der Waals surface area contributed by atoms with Gasteiger partial charge in [0.25, 0.3) is 5.91 Å². The van der Waals surface area contributed by atoms with E-state index >= 15 is 0 Å². The second kappa shape index (κ2) is 9.88. The standard InChI is InChI=1S/C23H26N4O4/c1-4-24-21(28)16-12-11-15(3)18(13-16)25-22(29)20-14-19(23(30)31-5-2)26-27(20)17-9-7-6-8-10-17/h6-13,20H,4-5,14H2,1-3H3,(H,24,28)(H,25,29). The van der Waals surface area contributed by atoms with Gasteiger partial charge in [-0.05, 0) is 50.6 Å². The molecule has 0 spiro atoms. The van der Waals surface area contributed by atoms with Crippen LogP contribution >= 0.6 is 0 Å². The fourth-order valence-electron chi connectivity index (χ4n) is 3.25. The van der Waals surface area contributed by atoms with Crippen LogP contribution in [-0.2, 0) is 14.3 Å². The van der Waals surface area contributed by atoms with Crippen LogP contribution in [0.1, 0.15) is 36.2 Å². The molecule has 31 heavy (non-hydrogen) atoms. The van der Waals surface area contributed by atoms with Crippen LogP contribution in [0.4, 0.5) is 11.4 Å². The molecule has 0 saturated heterocycles. The van der Waals surface area contributed by atoms with Gasteiger partial charge in [0.15, 0.2) is 0 Å². The van der Waals surface area contributed by atoms with E-state index in [1.165, 1.54) is 5.01 Å². The number of para-hydroxylation sites is 1. The number of benzene rings is 2. The van der Waals surface area contributed by atoms with Crippen molar-refractivity contribution in [2.45, 2.75) is 33.2 Å². The van der Waals surface area contributed by atoms with Gasteiger partial charge in [0.05, 0.1) is 12.3 Å². The molecule has 2 amide bonds. The number of hydrazone groups is 1. The van der Waals surface area contributed by atoms with Crippen LogP contribution in [-0.4, -0.2) is 42.7 Å². The van der Waals surface area contributed by atoms with Crippen LogP contribution in [0.5, 0.6) is 0 Å². The first-order chi connectivity index (χ1) is 14.9. The van der Waals surface area contributed by atoms with E-state index in [4.69, 9.17) is 4.74 Å². The Hall–Kier alpha value is -3.68. The number of amides is 2. The number of hydrogen-bond acceptors (Lipinski definition) is 6. The summed E-state index contributed by atoms with van der Waals surface area (Å²) in [4.78, 5) is 37.6. The largest absolute Gasteiger partial charge is 0.461 e. The van der Waals surface area contributed by atoms with E-state index in [2.05, 4.69) is 15.7 Å². The minimum Gasteiger partial charge on any atom is -0.461 e. The van der Waals surface area contributed by atoms with E-state index in [-0.39, 0.29) is 30.6 Å². The molecule has 1 aliphatic heterocycles. The summed E-state index contributed by atoms with van der Waals surface area (Å²) >= 11 is 0. The fourth-order valence-corrected chi connectivity index (χ4v) is 3.25. The van der Waals surface area contributed by atoms with Crippen molar-refractivity contribution in [3.8, 4) is 0 Å². The van der Waals surface area contributed by atoms with E-state index in [9.17, 15) is 14.4 Å². The molecule has 162 valence electrons. The number of anilines is 2. The van der Waals surface area contributed by atoms with E-state index in [0.29, 0.717) is 23.5 Å². The molecule has 2 N–H and O–H groups in total. The topological polar surface area (TPSA) is 100 Å². The monoisotopic (exact) mass is 422 g/mol. The lowest BCUT2D eigenvalue weighted by Crippen LogP contribution is -2.39. The molecular formula is C23H26N4O4. The first-order valence-electron chi connectivity index (χ1n) is 10.2. The molecule has 0 fully saturated rings. The van der Waals surface area contributed by atoms with Crippen LogP contribution < -0.4 is 15.6 Å². The Morgan fingerprint density at radius 2 is 1.87 bits per heavy atom. The molecule has 1 aliphatic rings. The molecule has 0 bridgehead atoms. The number of carbonyl (C=O) groups is 3. The van der Waals surface area contributed by atoms with E-state index in [1.54, 1.807) is 25.1 Å². The highest BCUT2D eigenvalue weighted by molar-refractivity contribution is 6.38. The van der Waals surface area contributed by atoms with Crippen molar-refractivity contribution in [3.05, 3.63) is 59.7 Å². The maximum Gasteiger partial charge on any atom is 0.354 e. The van der Waals surface area contributed by atoms with Gasteiger partial charge in [0, 0.05) is 24.2 Å². The van der Waals surface area contributed by atoms with Crippen molar-refractivity contribution in [1.29, 1.82) is 0 Å². The summed E-state index contributed by atoms with van der Waals surface area (Å²) < 4.78 is 5.07. The van der Waals surface area contributed by atoms with Gasteiger partial charge in [-0.25, -0.2) is 4.79 Å². The lowest BCUT2D eigenvalue weighted by Gasteiger charge is -2.23. The molecule has 8 nitrogen and oxygen atoms in total. The Morgan fingerprint density at radius 1 is 1.13 bits per heavy atom. The molecular weight excluding hydrogens is 396 g/mol. The zero-order chi connectivity index (χ0) is 22.4. The van der Waals surface area contributed by atoms with E-state index in [0.717, 1.165) is 5.56 Å². The van der Waals surface area contributed by atoms with Crippen molar-refractivity contribution in [2.24, 2.45) is 5.10 Å². The van der Waals surface area contributed by atoms with Crippen LogP contribution in [0.2, 0.25) is 0 Å². The highest BCUT2D eigenvalue weighted by atomic mass is 16.5. The third kappa shape index (κ3) is 5.09. The molecule has 0 saturated carbocycles. The second-order valence-electron chi connectivity index (χ2n) is 7.05. The highest BCUT2D eigenvalue weighted by Crippen LogP contribution is 2.26. The fraction of sp³-hybridized carbons (Fsp3) is 0.304. The number of esters is 1. The molecule has 2 aromatic rings. The number of nitrogens with zero attached hydrogens (tertiary/aromatic N) is 2. The van der Waals surface area contributed by atoms with Crippen LogP contribution in [0.25, 0.3) is 0 Å². The minimum absolute atomic E-state index is 0.120. The molecule has 2 aromatic carbocycles. The van der Waals surface area contributed by atoms with Gasteiger partial charge in [-0.1, -0.05) is 24.3 Å². The number of rotatable bonds is 7. The van der Waals surface area contributed by atoms with Crippen molar-refractivity contribution >= 4 is 34.9 Å². The van der Waals surface area contributed by atoms with Gasteiger partial charge in [-0.2, -0.15) is 5.10 Å². The van der Waals surface area contributed by atoms with Gasteiger partial charge in [-0.15, -0.1) is 0 Å². The summed E-state index contributed by atoms with van der Waals surface area (Å²) in [5, 5.41) is 11.5. The minimum atomic E-state index is -0.727. The number of hydrogen-bond donors (Lipinski definition) is 2. The summed E-state index contributed by atoms with van der Waals surface area (Å²) in [7, 11) is 0. The first-order valence-corrected chi connectivity index (χ1v) is 10.2. The van der Waals surface area contributed by atoms with E-state index < -0.39 is 12.0 Å². The Kier molecular flexibility index (Phi) is 7.02. The molecule has 0 aromatic heterocycles. The molecule has 1 atom stereocenters. The Bertz CT molecular complexity index is 1000. The maximum atomic E-state index is 13.2. The summed E-state index contributed by atoms with van der Waals surface area (Å²) in [6.45, 7) is 6.15. The zero-order valence-corrected chi connectivity index (χ0v) is 17.8. The molecule has 1 unspecified atom stereocenters. The zero-order valence-electron chi connectivity index (χ0n) is 17.8. The third-order valence-corrected chi connectivity index (χ3v) is 4.84.